The molecule has 3 rings (SSSR count). The minimum absolute atomic E-state index is 0.0620. The largest absolute Gasteiger partial charge is 0.382 e. The zero-order valence-corrected chi connectivity index (χ0v) is 13.3. The van der Waals surface area contributed by atoms with E-state index in [1.165, 1.54) is 0 Å². The first kappa shape index (κ1) is 15.3. The van der Waals surface area contributed by atoms with Crippen molar-refractivity contribution in [3.63, 3.8) is 0 Å². The second kappa shape index (κ2) is 6.64. The quantitative estimate of drug-likeness (QED) is 0.922. The first-order chi connectivity index (χ1) is 11.2. The Kier molecular flexibility index (Phi) is 4.41. The number of aromatic nitrogens is 2. The molecule has 0 aliphatic carbocycles. The standard InChI is InChI=1S/C17H20N4O2/c1-3-13-10-16(23-20-13)17(22)21(2)11-14-9-15(19-18-14)12-7-5-4-6-8-12/h4-9,16H,3,10-11H2,1-2H3,(H,18,19)/t16-/m0/s1. The van der Waals surface area contributed by atoms with Gasteiger partial charge in [-0.2, -0.15) is 5.10 Å². The second-order valence-electron chi connectivity index (χ2n) is 5.65. The number of carbonyl (C=O) groups is 1. The number of nitrogens with one attached hydrogen (secondary N) is 1. The van der Waals surface area contributed by atoms with E-state index in [0.717, 1.165) is 29.1 Å². The van der Waals surface area contributed by atoms with Crippen LogP contribution in [0.4, 0.5) is 0 Å². The highest BCUT2D eigenvalue weighted by atomic mass is 16.6. The third kappa shape index (κ3) is 3.41. The summed E-state index contributed by atoms with van der Waals surface area (Å²) in [5.74, 6) is -0.0620. The van der Waals surface area contributed by atoms with Crippen molar-refractivity contribution < 1.29 is 9.63 Å². The fourth-order valence-corrected chi connectivity index (χ4v) is 2.55. The van der Waals surface area contributed by atoms with E-state index >= 15 is 0 Å². The molecule has 2 aromatic rings. The van der Waals surface area contributed by atoms with Gasteiger partial charge in [-0.1, -0.05) is 42.4 Å². The summed E-state index contributed by atoms with van der Waals surface area (Å²) in [6.45, 7) is 2.47. The van der Waals surface area contributed by atoms with E-state index in [1.807, 2.05) is 43.3 Å². The smallest absolute Gasteiger partial charge is 0.266 e. The molecule has 1 aromatic carbocycles. The Labute approximate surface area is 135 Å². The number of aromatic amines is 1. The SMILES string of the molecule is CCC1=NO[C@H](C(=O)N(C)Cc2cc(-c3ccccc3)n[nH]2)C1. The Bertz CT molecular complexity index is 708. The Morgan fingerprint density at radius 2 is 2.17 bits per heavy atom. The van der Waals surface area contributed by atoms with Crippen LogP contribution in [0.1, 0.15) is 25.5 Å². The summed E-state index contributed by atoms with van der Waals surface area (Å²) in [5.41, 5.74) is 3.73. The summed E-state index contributed by atoms with van der Waals surface area (Å²) in [5, 5.41) is 11.2. The molecule has 0 fully saturated rings. The normalized spacial score (nSPS) is 16.8. The van der Waals surface area contributed by atoms with Crippen molar-refractivity contribution in [2.75, 3.05) is 7.05 Å². The van der Waals surface area contributed by atoms with Crippen molar-refractivity contribution in [3.8, 4) is 11.3 Å². The predicted molar refractivity (Wildman–Crippen MR) is 87.7 cm³/mol. The van der Waals surface area contributed by atoms with E-state index in [4.69, 9.17) is 4.84 Å². The van der Waals surface area contributed by atoms with E-state index in [-0.39, 0.29) is 5.91 Å². The molecule has 1 N–H and O–H groups in total. The number of hydrogen-bond donors (Lipinski definition) is 1. The lowest BCUT2D eigenvalue weighted by Gasteiger charge is -2.18. The lowest BCUT2D eigenvalue weighted by Crippen LogP contribution is -2.36. The molecule has 2 heterocycles. The molecule has 0 saturated heterocycles. The molecule has 1 aromatic heterocycles. The lowest BCUT2D eigenvalue weighted by molar-refractivity contribution is -0.141. The summed E-state index contributed by atoms with van der Waals surface area (Å²) < 4.78 is 0. The van der Waals surface area contributed by atoms with Gasteiger partial charge in [0.15, 0.2) is 0 Å². The first-order valence-corrected chi connectivity index (χ1v) is 7.73. The van der Waals surface area contributed by atoms with Gasteiger partial charge in [-0.25, -0.2) is 0 Å². The van der Waals surface area contributed by atoms with Crippen molar-refractivity contribution in [3.05, 3.63) is 42.1 Å². The van der Waals surface area contributed by atoms with Crippen molar-refractivity contribution in [1.29, 1.82) is 0 Å². The van der Waals surface area contributed by atoms with Crippen LogP contribution in [-0.2, 0) is 16.2 Å². The molecule has 0 radical (unpaired) electrons. The van der Waals surface area contributed by atoms with Gasteiger partial charge in [0, 0.05) is 19.0 Å². The topological polar surface area (TPSA) is 70.6 Å². The summed E-state index contributed by atoms with van der Waals surface area (Å²) in [6, 6.07) is 11.9. The van der Waals surface area contributed by atoms with Crippen LogP contribution in [0.3, 0.4) is 0 Å². The molecular weight excluding hydrogens is 292 g/mol. The Hall–Kier alpha value is -2.63. The maximum Gasteiger partial charge on any atom is 0.266 e. The first-order valence-electron chi connectivity index (χ1n) is 7.73. The summed E-state index contributed by atoms with van der Waals surface area (Å²) in [4.78, 5) is 19.2. The monoisotopic (exact) mass is 312 g/mol. The molecule has 0 spiro atoms. The molecule has 1 amide bonds. The molecule has 6 heteroatoms. The van der Waals surface area contributed by atoms with Gasteiger partial charge in [-0.05, 0) is 12.5 Å². The van der Waals surface area contributed by atoms with Gasteiger partial charge < -0.3 is 9.74 Å². The average molecular weight is 312 g/mol. The maximum absolute atomic E-state index is 12.4. The summed E-state index contributed by atoms with van der Waals surface area (Å²) in [6.07, 6.45) is 0.901. The van der Waals surface area contributed by atoms with E-state index in [0.29, 0.717) is 13.0 Å². The fraction of sp³-hybridized carbons (Fsp3) is 0.353. The predicted octanol–water partition coefficient (Wildman–Crippen LogP) is 2.59. The number of amides is 1. The Morgan fingerprint density at radius 1 is 1.39 bits per heavy atom. The lowest BCUT2D eigenvalue weighted by atomic mass is 10.1. The molecule has 0 unspecified atom stereocenters. The van der Waals surface area contributed by atoms with Crippen molar-refractivity contribution in [2.24, 2.45) is 5.16 Å². The number of likely N-dealkylation sites (N-methyl/N-ethyl adjacent to an activating group) is 1. The fourth-order valence-electron chi connectivity index (χ4n) is 2.55. The van der Waals surface area contributed by atoms with Crippen LogP contribution in [-0.4, -0.2) is 39.9 Å². The van der Waals surface area contributed by atoms with Gasteiger partial charge >= 0.3 is 0 Å². The number of H-pyrrole nitrogens is 1. The molecule has 1 atom stereocenters. The van der Waals surface area contributed by atoms with Gasteiger partial charge in [-0.3, -0.25) is 9.89 Å². The number of benzene rings is 1. The molecule has 1 aliphatic rings. The highest BCUT2D eigenvalue weighted by molar-refractivity contribution is 5.92. The number of rotatable bonds is 5. The van der Waals surface area contributed by atoms with Crippen molar-refractivity contribution in [2.45, 2.75) is 32.4 Å². The van der Waals surface area contributed by atoms with Gasteiger partial charge in [-0.15, -0.1) is 0 Å². The van der Waals surface area contributed by atoms with Crippen LogP contribution in [0.5, 0.6) is 0 Å². The molecule has 0 saturated carbocycles. The van der Waals surface area contributed by atoms with Crippen LogP contribution in [0, 0.1) is 0 Å². The zero-order chi connectivity index (χ0) is 16.2. The van der Waals surface area contributed by atoms with E-state index < -0.39 is 6.10 Å². The molecule has 6 nitrogen and oxygen atoms in total. The van der Waals surface area contributed by atoms with Crippen LogP contribution in [0.15, 0.2) is 41.6 Å². The zero-order valence-electron chi connectivity index (χ0n) is 13.3. The van der Waals surface area contributed by atoms with Crippen LogP contribution < -0.4 is 0 Å². The summed E-state index contributed by atoms with van der Waals surface area (Å²) in [7, 11) is 1.76. The number of oxime groups is 1. The third-order valence-electron chi connectivity index (χ3n) is 3.90. The minimum atomic E-state index is -0.494. The number of hydrogen-bond acceptors (Lipinski definition) is 4. The minimum Gasteiger partial charge on any atom is -0.382 e. The van der Waals surface area contributed by atoms with Crippen molar-refractivity contribution in [1.82, 2.24) is 15.1 Å². The molecule has 120 valence electrons. The van der Waals surface area contributed by atoms with E-state index in [9.17, 15) is 4.79 Å². The van der Waals surface area contributed by atoms with Crippen LogP contribution in [0.2, 0.25) is 0 Å². The highest BCUT2D eigenvalue weighted by Gasteiger charge is 2.29. The molecule has 1 aliphatic heterocycles. The van der Waals surface area contributed by atoms with Crippen LogP contribution in [0.25, 0.3) is 11.3 Å². The summed E-state index contributed by atoms with van der Waals surface area (Å²) >= 11 is 0. The second-order valence-corrected chi connectivity index (χ2v) is 5.65. The van der Waals surface area contributed by atoms with E-state index in [2.05, 4.69) is 15.4 Å². The highest BCUT2D eigenvalue weighted by Crippen LogP contribution is 2.19. The molecule has 0 bridgehead atoms. The Balaban J connectivity index is 1.61. The van der Waals surface area contributed by atoms with Gasteiger partial charge in [0.25, 0.3) is 5.91 Å². The number of carbonyl (C=O) groups excluding carboxylic acids is 1. The van der Waals surface area contributed by atoms with Crippen LogP contribution >= 0.6 is 0 Å². The number of nitrogens with zero attached hydrogens (tertiary/aromatic N) is 3. The molecular formula is C17H20N4O2. The molecule has 23 heavy (non-hydrogen) atoms. The third-order valence-corrected chi connectivity index (χ3v) is 3.90. The van der Waals surface area contributed by atoms with E-state index in [1.54, 1.807) is 11.9 Å². The van der Waals surface area contributed by atoms with Crippen molar-refractivity contribution >= 4 is 11.6 Å². The average Bonchev–Trinajstić information content (AvgIpc) is 3.24. The van der Waals surface area contributed by atoms with Gasteiger partial charge in [0.1, 0.15) is 0 Å². The van der Waals surface area contributed by atoms with Gasteiger partial charge in [0.05, 0.1) is 23.6 Å². The maximum atomic E-state index is 12.4. The Morgan fingerprint density at radius 3 is 2.87 bits per heavy atom. The van der Waals surface area contributed by atoms with Gasteiger partial charge in [0.2, 0.25) is 6.10 Å².